The standard InChI is InChI=1S/C22H27F2N3O3S/c1-17(2)27(15-18-6-4-3-5-7-18)22(28)16-25-10-12-26(13-11-25)31(29,30)19-8-9-20(23)21(24)14-19/h3-9,14,17H,10-13,15-16H2,1-2H3. The Hall–Kier alpha value is -2.36. The molecule has 168 valence electrons. The fourth-order valence-electron chi connectivity index (χ4n) is 3.54. The molecule has 1 aliphatic rings. The Bertz CT molecular complexity index is 1010. The molecule has 0 aliphatic carbocycles. The predicted octanol–water partition coefficient (Wildman–Crippen LogP) is 2.71. The number of sulfonamides is 1. The number of rotatable bonds is 7. The molecule has 1 saturated heterocycles. The van der Waals surface area contributed by atoms with Crippen molar-refractivity contribution in [1.29, 1.82) is 0 Å². The molecule has 1 fully saturated rings. The van der Waals surface area contributed by atoms with E-state index in [4.69, 9.17) is 0 Å². The maximum Gasteiger partial charge on any atom is 0.243 e. The number of benzene rings is 2. The van der Waals surface area contributed by atoms with Crippen LogP contribution >= 0.6 is 0 Å². The van der Waals surface area contributed by atoms with Crippen molar-refractivity contribution in [2.75, 3.05) is 32.7 Å². The Morgan fingerprint density at radius 3 is 2.23 bits per heavy atom. The van der Waals surface area contributed by atoms with E-state index < -0.39 is 21.7 Å². The third kappa shape index (κ3) is 5.66. The van der Waals surface area contributed by atoms with E-state index in [9.17, 15) is 22.0 Å². The van der Waals surface area contributed by atoms with Crippen molar-refractivity contribution in [2.45, 2.75) is 31.3 Å². The summed E-state index contributed by atoms with van der Waals surface area (Å²) in [4.78, 5) is 16.4. The van der Waals surface area contributed by atoms with Crippen LogP contribution < -0.4 is 0 Å². The van der Waals surface area contributed by atoms with Crippen molar-refractivity contribution in [3.63, 3.8) is 0 Å². The zero-order chi connectivity index (χ0) is 22.6. The Balaban J connectivity index is 1.59. The van der Waals surface area contributed by atoms with Gasteiger partial charge in [-0.15, -0.1) is 0 Å². The molecule has 1 aliphatic heterocycles. The van der Waals surface area contributed by atoms with Gasteiger partial charge >= 0.3 is 0 Å². The molecule has 0 radical (unpaired) electrons. The minimum Gasteiger partial charge on any atom is -0.335 e. The molecule has 2 aromatic rings. The van der Waals surface area contributed by atoms with Crippen molar-refractivity contribution in [2.24, 2.45) is 0 Å². The first kappa shape index (κ1) is 23.3. The van der Waals surface area contributed by atoms with Gasteiger partial charge in [0.05, 0.1) is 11.4 Å². The normalized spacial score (nSPS) is 15.9. The number of piperazine rings is 1. The monoisotopic (exact) mass is 451 g/mol. The highest BCUT2D eigenvalue weighted by Gasteiger charge is 2.30. The number of halogens is 2. The van der Waals surface area contributed by atoms with Gasteiger partial charge in [0.15, 0.2) is 11.6 Å². The van der Waals surface area contributed by atoms with Crippen molar-refractivity contribution < 1.29 is 22.0 Å². The molecule has 0 saturated carbocycles. The fourth-order valence-corrected chi connectivity index (χ4v) is 4.97. The number of carbonyl (C=O) groups is 1. The molecule has 0 spiro atoms. The van der Waals surface area contributed by atoms with Gasteiger partial charge < -0.3 is 4.90 Å². The molecule has 1 amide bonds. The Morgan fingerprint density at radius 1 is 1.00 bits per heavy atom. The van der Waals surface area contributed by atoms with Crippen LogP contribution in [0.2, 0.25) is 0 Å². The van der Waals surface area contributed by atoms with Gasteiger partial charge in [-0.25, -0.2) is 17.2 Å². The van der Waals surface area contributed by atoms with Crippen LogP contribution in [0.4, 0.5) is 8.78 Å². The summed E-state index contributed by atoms with van der Waals surface area (Å²) in [6, 6.07) is 12.4. The van der Waals surface area contributed by atoms with Crippen LogP contribution in [0.25, 0.3) is 0 Å². The average molecular weight is 452 g/mol. The number of hydrogen-bond donors (Lipinski definition) is 0. The second-order valence-corrected chi connectivity index (χ2v) is 9.80. The van der Waals surface area contributed by atoms with Crippen molar-refractivity contribution >= 4 is 15.9 Å². The maximum absolute atomic E-state index is 13.5. The van der Waals surface area contributed by atoms with Crippen LogP contribution in [-0.4, -0.2) is 67.2 Å². The Morgan fingerprint density at radius 2 is 1.65 bits per heavy atom. The van der Waals surface area contributed by atoms with Gasteiger partial charge in [-0.2, -0.15) is 4.31 Å². The molecular formula is C22H27F2N3O3S. The van der Waals surface area contributed by atoms with Gasteiger partial charge in [0.1, 0.15) is 0 Å². The Labute approximate surface area is 182 Å². The van der Waals surface area contributed by atoms with Gasteiger partial charge in [0.2, 0.25) is 15.9 Å². The third-order valence-corrected chi connectivity index (χ3v) is 7.25. The highest BCUT2D eigenvalue weighted by atomic mass is 32.2. The van der Waals surface area contributed by atoms with E-state index in [0.717, 1.165) is 17.7 Å². The second kappa shape index (κ2) is 9.84. The molecule has 0 unspecified atom stereocenters. The molecule has 0 N–H and O–H groups in total. The maximum atomic E-state index is 13.5. The molecule has 9 heteroatoms. The quantitative estimate of drug-likeness (QED) is 0.650. The van der Waals surface area contributed by atoms with Crippen LogP contribution in [0.5, 0.6) is 0 Å². The fraction of sp³-hybridized carbons (Fsp3) is 0.409. The number of hydrogen-bond acceptors (Lipinski definition) is 4. The minimum absolute atomic E-state index is 0.0178. The van der Waals surface area contributed by atoms with Gasteiger partial charge in [0, 0.05) is 38.8 Å². The smallest absolute Gasteiger partial charge is 0.243 e. The van der Waals surface area contributed by atoms with E-state index >= 15 is 0 Å². The first-order chi connectivity index (χ1) is 14.7. The van der Waals surface area contributed by atoms with E-state index in [1.807, 2.05) is 49.1 Å². The lowest BCUT2D eigenvalue weighted by Gasteiger charge is -2.35. The summed E-state index contributed by atoms with van der Waals surface area (Å²) in [6.07, 6.45) is 0. The molecule has 1 heterocycles. The minimum atomic E-state index is -3.92. The summed E-state index contributed by atoms with van der Waals surface area (Å²) >= 11 is 0. The van der Waals surface area contributed by atoms with Gasteiger partial charge in [-0.05, 0) is 37.6 Å². The summed E-state index contributed by atoms with van der Waals surface area (Å²) in [5, 5.41) is 0. The largest absolute Gasteiger partial charge is 0.335 e. The van der Waals surface area contributed by atoms with Crippen molar-refractivity contribution in [3.05, 3.63) is 65.7 Å². The van der Waals surface area contributed by atoms with E-state index in [0.29, 0.717) is 25.7 Å². The zero-order valence-corrected chi connectivity index (χ0v) is 18.5. The highest BCUT2D eigenvalue weighted by molar-refractivity contribution is 7.89. The molecule has 0 aromatic heterocycles. The highest BCUT2D eigenvalue weighted by Crippen LogP contribution is 2.20. The first-order valence-electron chi connectivity index (χ1n) is 10.2. The number of amides is 1. The third-order valence-electron chi connectivity index (χ3n) is 5.36. The van der Waals surface area contributed by atoms with Crippen LogP contribution in [0.15, 0.2) is 53.4 Å². The second-order valence-electron chi connectivity index (χ2n) is 7.86. The zero-order valence-electron chi connectivity index (χ0n) is 17.7. The van der Waals surface area contributed by atoms with Crippen LogP contribution in [0.1, 0.15) is 19.4 Å². The lowest BCUT2D eigenvalue weighted by atomic mass is 10.2. The summed E-state index contributed by atoms with van der Waals surface area (Å²) in [7, 11) is -3.92. The van der Waals surface area contributed by atoms with Crippen LogP contribution in [-0.2, 0) is 21.4 Å². The Kier molecular flexibility index (Phi) is 7.40. The lowest BCUT2D eigenvalue weighted by molar-refractivity contribution is -0.135. The predicted molar refractivity (Wildman–Crippen MR) is 114 cm³/mol. The summed E-state index contributed by atoms with van der Waals surface area (Å²) in [5.41, 5.74) is 1.05. The summed E-state index contributed by atoms with van der Waals surface area (Å²) in [5.74, 6) is -2.30. The topological polar surface area (TPSA) is 60.9 Å². The van der Waals surface area contributed by atoms with Gasteiger partial charge in [0.25, 0.3) is 0 Å². The van der Waals surface area contributed by atoms with E-state index in [-0.39, 0.29) is 36.5 Å². The molecular weight excluding hydrogens is 424 g/mol. The number of nitrogens with zero attached hydrogens (tertiary/aromatic N) is 3. The molecule has 0 bridgehead atoms. The SMILES string of the molecule is CC(C)N(Cc1ccccc1)C(=O)CN1CCN(S(=O)(=O)c2ccc(F)c(F)c2)CC1. The number of carbonyl (C=O) groups excluding carboxylic acids is 1. The molecule has 31 heavy (non-hydrogen) atoms. The van der Waals surface area contributed by atoms with Gasteiger partial charge in [-0.3, -0.25) is 9.69 Å². The first-order valence-corrected chi connectivity index (χ1v) is 11.6. The average Bonchev–Trinajstić information content (AvgIpc) is 2.74. The summed E-state index contributed by atoms with van der Waals surface area (Å²) < 4.78 is 53.3. The van der Waals surface area contributed by atoms with Crippen molar-refractivity contribution in [3.8, 4) is 0 Å². The van der Waals surface area contributed by atoms with Crippen LogP contribution in [0.3, 0.4) is 0 Å². The molecule has 6 nitrogen and oxygen atoms in total. The summed E-state index contributed by atoms with van der Waals surface area (Å²) in [6.45, 7) is 5.76. The van der Waals surface area contributed by atoms with E-state index in [1.165, 1.54) is 4.31 Å². The lowest BCUT2D eigenvalue weighted by Crippen LogP contribution is -2.52. The van der Waals surface area contributed by atoms with E-state index in [1.54, 1.807) is 4.90 Å². The van der Waals surface area contributed by atoms with E-state index in [2.05, 4.69) is 0 Å². The van der Waals surface area contributed by atoms with Gasteiger partial charge in [-0.1, -0.05) is 30.3 Å². The molecule has 3 rings (SSSR count). The molecule has 2 aromatic carbocycles. The van der Waals surface area contributed by atoms with Crippen LogP contribution in [0, 0.1) is 11.6 Å². The molecule has 0 atom stereocenters. The van der Waals surface area contributed by atoms with Crippen molar-refractivity contribution in [1.82, 2.24) is 14.1 Å².